The average Bonchev–Trinajstić information content (AvgIpc) is 3.53. The normalized spacial score (nSPS) is 21.8. The molecule has 11 nitrogen and oxygen atoms in total. The average molecular weight is 637 g/mol. The second kappa shape index (κ2) is 12.7. The molecule has 3 unspecified atom stereocenters. The molecule has 2 saturated carbocycles. The maximum atomic E-state index is 13.6. The zero-order valence-corrected chi connectivity index (χ0v) is 27.4. The quantitative estimate of drug-likeness (QED) is 0.289. The molecule has 2 aliphatic carbocycles. The molecule has 45 heavy (non-hydrogen) atoms. The van der Waals surface area contributed by atoms with E-state index in [0.717, 1.165) is 21.6 Å². The van der Waals surface area contributed by atoms with Crippen LogP contribution in [0.5, 0.6) is 6.01 Å². The number of esters is 1. The van der Waals surface area contributed by atoms with Crippen LogP contribution in [0, 0.1) is 0 Å². The second-order valence-corrected chi connectivity index (χ2v) is 13.7. The number of para-hydroxylation sites is 1. The highest BCUT2D eigenvalue weighted by atomic mass is 32.1. The number of fused-ring (bicyclic) bond motifs is 1. The number of benzene rings is 1. The van der Waals surface area contributed by atoms with E-state index >= 15 is 0 Å². The van der Waals surface area contributed by atoms with Crippen molar-refractivity contribution in [2.75, 3.05) is 13.2 Å². The first-order valence-corrected chi connectivity index (χ1v) is 17.2. The van der Waals surface area contributed by atoms with Gasteiger partial charge in [0, 0.05) is 29.3 Å². The Hall–Kier alpha value is -3.51. The number of carbonyl (C=O) groups excluding carboxylic acids is 3. The highest BCUT2D eigenvalue weighted by molar-refractivity contribution is 7.13. The molecule has 12 heteroatoms. The molecule has 0 bridgehead atoms. The SMILES string of the molecule is CCOC(=O)C1(NC(=O)C2CC(Oc3nc4c(-c5nc(C6CCCC6)cs5)cccc4n3C(C)C)CN2C(=O)C(N)CC)CC1. The van der Waals surface area contributed by atoms with E-state index in [1.165, 1.54) is 36.3 Å². The van der Waals surface area contributed by atoms with Gasteiger partial charge in [-0.15, -0.1) is 11.3 Å². The molecule has 3 heterocycles. The van der Waals surface area contributed by atoms with Crippen LogP contribution in [0.1, 0.15) is 96.7 Å². The number of hydrogen-bond acceptors (Lipinski definition) is 9. The number of nitrogens with one attached hydrogen (secondary N) is 1. The summed E-state index contributed by atoms with van der Waals surface area (Å²) in [5.74, 6) is -0.618. The van der Waals surface area contributed by atoms with Crippen LogP contribution in [-0.2, 0) is 19.1 Å². The lowest BCUT2D eigenvalue weighted by atomic mass is 10.1. The van der Waals surface area contributed by atoms with Gasteiger partial charge < -0.3 is 25.4 Å². The van der Waals surface area contributed by atoms with Crippen molar-refractivity contribution < 1.29 is 23.9 Å². The van der Waals surface area contributed by atoms with Crippen LogP contribution in [0.25, 0.3) is 21.6 Å². The van der Waals surface area contributed by atoms with Gasteiger partial charge in [0.1, 0.15) is 28.2 Å². The molecule has 0 spiro atoms. The van der Waals surface area contributed by atoms with E-state index in [-0.39, 0.29) is 31.5 Å². The first kappa shape index (κ1) is 31.5. The second-order valence-electron chi connectivity index (χ2n) is 12.9. The Balaban J connectivity index is 1.28. The summed E-state index contributed by atoms with van der Waals surface area (Å²) >= 11 is 1.65. The predicted octanol–water partition coefficient (Wildman–Crippen LogP) is 4.70. The highest BCUT2D eigenvalue weighted by Crippen LogP contribution is 2.40. The number of hydrogen-bond donors (Lipinski definition) is 2. The summed E-state index contributed by atoms with van der Waals surface area (Å²) in [5.41, 5.74) is 9.02. The number of rotatable bonds is 11. The number of nitrogens with two attached hydrogens (primary N) is 1. The van der Waals surface area contributed by atoms with Gasteiger partial charge in [0.2, 0.25) is 11.8 Å². The van der Waals surface area contributed by atoms with Crippen molar-refractivity contribution in [3.63, 3.8) is 0 Å². The summed E-state index contributed by atoms with van der Waals surface area (Å²) in [5, 5.41) is 6.02. The van der Waals surface area contributed by atoms with Gasteiger partial charge in [-0.3, -0.25) is 14.2 Å². The van der Waals surface area contributed by atoms with Crippen LogP contribution in [0.3, 0.4) is 0 Å². The van der Waals surface area contributed by atoms with Crippen LogP contribution in [0.15, 0.2) is 23.6 Å². The van der Waals surface area contributed by atoms with Crippen molar-refractivity contribution in [3.8, 4) is 16.6 Å². The topological polar surface area (TPSA) is 142 Å². The van der Waals surface area contributed by atoms with E-state index < -0.39 is 35.6 Å². The van der Waals surface area contributed by atoms with Crippen LogP contribution in [0.4, 0.5) is 0 Å². The number of thiazole rings is 1. The number of carbonyl (C=O) groups is 3. The number of imidazole rings is 1. The van der Waals surface area contributed by atoms with Gasteiger partial charge in [-0.05, 0) is 65.0 Å². The van der Waals surface area contributed by atoms with E-state index in [9.17, 15) is 14.4 Å². The van der Waals surface area contributed by atoms with Crippen molar-refractivity contribution in [2.24, 2.45) is 5.73 Å². The Morgan fingerprint density at radius 2 is 1.91 bits per heavy atom. The molecule has 3 aromatic rings. The van der Waals surface area contributed by atoms with Gasteiger partial charge in [0.15, 0.2) is 0 Å². The fourth-order valence-electron chi connectivity index (χ4n) is 6.67. The fourth-order valence-corrected chi connectivity index (χ4v) is 7.60. The number of nitrogens with zero attached hydrogens (tertiary/aromatic N) is 4. The molecule has 3 N–H and O–H groups in total. The van der Waals surface area contributed by atoms with Crippen LogP contribution in [0.2, 0.25) is 0 Å². The summed E-state index contributed by atoms with van der Waals surface area (Å²) in [6, 6.07) is 5.02. The molecule has 0 radical (unpaired) electrons. The maximum Gasteiger partial charge on any atom is 0.331 e. The fraction of sp³-hybridized carbons (Fsp3) is 0.606. The zero-order valence-electron chi connectivity index (χ0n) is 26.6. The Bertz CT molecular complexity index is 1570. The molecular weight excluding hydrogens is 592 g/mol. The highest BCUT2D eigenvalue weighted by Gasteiger charge is 2.54. The third-order valence-electron chi connectivity index (χ3n) is 9.39. The minimum atomic E-state index is -1.02. The van der Waals surface area contributed by atoms with Crippen molar-refractivity contribution in [1.82, 2.24) is 24.8 Å². The third kappa shape index (κ3) is 6.06. The lowest BCUT2D eigenvalue weighted by Crippen LogP contribution is -2.54. The van der Waals surface area contributed by atoms with Crippen molar-refractivity contribution in [3.05, 3.63) is 29.3 Å². The van der Waals surface area contributed by atoms with E-state index in [1.807, 2.05) is 19.1 Å². The molecule has 3 aliphatic rings. The molecule has 3 fully saturated rings. The first-order valence-electron chi connectivity index (χ1n) is 16.3. The smallest absolute Gasteiger partial charge is 0.331 e. The Morgan fingerprint density at radius 1 is 1.16 bits per heavy atom. The summed E-state index contributed by atoms with van der Waals surface area (Å²) < 4.78 is 13.8. The van der Waals surface area contributed by atoms with Crippen molar-refractivity contribution in [2.45, 2.75) is 115 Å². The van der Waals surface area contributed by atoms with E-state index in [4.69, 9.17) is 25.2 Å². The van der Waals surface area contributed by atoms with Gasteiger partial charge in [-0.1, -0.05) is 25.8 Å². The summed E-state index contributed by atoms with van der Waals surface area (Å²) in [6.45, 7) is 8.14. The third-order valence-corrected chi connectivity index (χ3v) is 10.3. The molecule has 2 aromatic heterocycles. The van der Waals surface area contributed by atoms with E-state index in [2.05, 4.69) is 35.2 Å². The lowest BCUT2D eigenvalue weighted by molar-refractivity contribution is -0.149. The van der Waals surface area contributed by atoms with Crippen LogP contribution in [-0.4, -0.2) is 74.1 Å². The predicted molar refractivity (Wildman–Crippen MR) is 172 cm³/mol. The summed E-state index contributed by atoms with van der Waals surface area (Å²) in [7, 11) is 0. The molecular formula is C33H44N6O5S. The minimum Gasteiger partial charge on any atom is -0.464 e. The monoisotopic (exact) mass is 636 g/mol. The van der Waals surface area contributed by atoms with Gasteiger partial charge in [-0.2, -0.15) is 4.98 Å². The number of aromatic nitrogens is 3. The van der Waals surface area contributed by atoms with Gasteiger partial charge in [0.05, 0.1) is 30.4 Å². The molecule has 2 amide bonds. The zero-order chi connectivity index (χ0) is 31.9. The maximum absolute atomic E-state index is 13.6. The molecule has 242 valence electrons. The number of likely N-dealkylation sites (tertiary alicyclic amines) is 1. The van der Waals surface area contributed by atoms with E-state index in [1.54, 1.807) is 18.3 Å². The van der Waals surface area contributed by atoms with Crippen LogP contribution < -0.4 is 15.8 Å². The van der Waals surface area contributed by atoms with Crippen molar-refractivity contribution in [1.29, 1.82) is 0 Å². The molecule has 1 aromatic carbocycles. The Morgan fingerprint density at radius 3 is 2.58 bits per heavy atom. The molecule has 3 atom stereocenters. The molecule has 6 rings (SSSR count). The number of amides is 2. The lowest BCUT2D eigenvalue weighted by Gasteiger charge is -2.27. The van der Waals surface area contributed by atoms with Gasteiger partial charge in [-0.25, -0.2) is 9.78 Å². The van der Waals surface area contributed by atoms with Gasteiger partial charge >= 0.3 is 5.97 Å². The van der Waals surface area contributed by atoms with Crippen LogP contribution >= 0.6 is 11.3 Å². The Labute approximate surface area is 267 Å². The molecule has 1 aliphatic heterocycles. The minimum absolute atomic E-state index is 0.0386. The van der Waals surface area contributed by atoms with Gasteiger partial charge in [0.25, 0.3) is 6.01 Å². The van der Waals surface area contributed by atoms with Crippen molar-refractivity contribution >= 4 is 40.2 Å². The van der Waals surface area contributed by atoms with E-state index in [0.29, 0.717) is 31.2 Å². The standard InChI is InChI=1S/C33H44N6O5S/c1-5-23(34)30(41)38-17-21(16-26(38)28(40)37-33(14-15-33)31(42)43-6-2)44-32-36-27-22(12-9-13-25(27)39(32)19(3)4)29-35-24(18-45-29)20-10-7-8-11-20/h9,12-13,18-21,23,26H,5-8,10-11,14-17,34H2,1-4H3,(H,37,40). The Kier molecular flexibility index (Phi) is 8.89. The largest absolute Gasteiger partial charge is 0.464 e. The molecule has 1 saturated heterocycles. The number of ether oxygens (including phenoxy) is 2. The summed E-state index contributed by atoms with van der Waals surface area (Å²) in [4.78, 5) is 51.1. The first-order chi connectivity index (χ1) is 21.7. The summed E-state index contributed by atoms with van der Waals surface area (Å²) in [6.07, 6.45) is 6.11.